The molecule has 104 valence electrons. The van der Waals surface area contributed by atoms with Crippen LogP contribution in [0.15, 0.2) is 46.9 Å². The number of hydrogen-bond donors (Lipinski definition) is 1. The zero-order chi connectivity index (χ0) is 14.5. The Morgan fingerprint density at radius 2 is 2.00 bits per heavy atom. The molecule has 1 amide bonds. The van der Waals surface area contributed by atoms with Crippen molar-refractivity contribution in [3.05, 3.63) is 69.4 Å². The second kappa shape index (κ2) is 6.66. The molecule has 0 heterocycles. The summed E-state index contributed by atoms with van der Waals surface area (Å²) in [6.07, 6.45) is 0.480. The van der Waals surface area contributed by atoms with Gasteiger partial charge in [-0.05, 0) is 48.7 Å². The van der Waals surface area contributed by atoms with Crippen LogP contribution in [-0.2, 0) is 6.42 Å². The van der Waals surface area contributed by atoms with Gasteiger partial charge >= 0.3 is 0 Å². The van der Waals surface area contributed by atoms with Crippen molar-refractivity contribution in [1.29, 1.82) is 0 Å². The molecule has 0 unspecified atom stereocenters. The van der Waals surface area contributed by atoms with E-state index in [2.05, 4.69) is 21.2 Å². The third kappa shape index (κ3) is 3.67. The lowest BCUT2D eigenvalue weighted by atomic mass is 10.1. The van der Waals surface area contributed by atoms with Crippen LogP contribution < -0.4 is 5.32 Å². The highest BCUT2D eigenvalue weighted by Crippen LogP contribution is 2.17. The molecular formula is C16H15BrFNO. The molecule has 0 atom stereocenters. The lowest BCUT2D eigenvalue weighted by Gasteiger charge is -2.07. The number of amides is 1. The van der Waals surface area contributed by atoms with E-state index in [4.69, 9.17) is 0 Å². The van der Waals surface area contributed by atoms with Gasteiger partial charge < -0.3 is 5.32 Å². The molecule has 4 heteroatoms. The maximum absolute atomic E-state index is 13.4. The number of benzene rings is 2. The molecule has 0 radical (unpaired) electrons. The molecule has 0 saturated heterocycles. The van der Waals surface area contributed by atoms with Gasteiger partial charge in [0.2, 0.25) is 0 Å². The van der Waals surface area contributed by atoms with Crippen molar-refractivity contribution in [2.75, 3.05) is 6.54 Å². The fraction of sp³-hybridized carbons (Fsp3) is 0.188. The van der Waals surface area contributed by atoms with E-state index in [1.54, 1.807) is 24.3 Å². The van der Waals surface area contributed by atoms with E-state index in [1.807, 2.05) is 19.1 Å². The summed E-state index contributed by atoms with van der Waals surface area (Å²) in [7, 11) is 0. The molecule has 1 N–H and O–H groups in total. The van der Waals surface area contributed by atoms with Crippen LogP contribution in [0.3, 0.4) is 0 Å². The summed E-state index contributed by atoms with van der Waals surface area (Å²) in [6, 6.07) is 12.0. The minimum Gasteiger partial charge on any atom is -0.352 e. The fourth-order valence-corrected chi connectivity index (χ4v) is 2.15. The number of nitrogens with one attached hydrogen (secondary N) is 1. The van der Waals surface area contributed by atoms with Crippen molar-refractivity contribution in [1.82, 2.24) is 5.32 Å². The predicted octanol–water partition coefficient (Wildman–Crippen LogP) is 3.87. The molecule has 0 aliphatic carbocycles. The van der Waals surface area contributed by atoms with E-state index in [1.165, 1.54) is 6.07 Å². The highest BCUT2D eigenvalue weighted by atomic mass is 79.9. The Labute approximate surface area is 126 Å². The summed E-state index contributed by atoms with van der Waals surface area (Å²) in [5.74, 6) is -0.377. The van der Waals surface area contributed by atoms with Crippen LogP contribution in [0.25, 0.3) is 0 Å². The van der Waals surface area contributed by atoms with Crippen LogP contribution in [0, 0.1) is 12.7 Å². The van der Waals surface area contributed by atoms with Crippen LogP contribution >= 0.6 is 15.9 Å². The molecule has 0 bridgehead atoms. The summed E-state index contributed by atoms with van der Waals surface area (Å²) < 4.78 is 14.4. The molecule has 2 aromatic rings. The highest BCUT2D eigenvalue weighted by molar-refractivity contribution is 9.10. The molecule has 2 nitrogen and oxygen atoms in total. The van der Waals surface area contributed by atoms with E-state index in [0.29, 0.717) is 24.1 Å². The fourth-order valence-electron chi connectivity index (χ4n) is 1.90. The molecule has 0 spiro atoms. The minimum atomic E-state index is -0.235. The molecular weight excluding hydrogens is 321 g/mol. The zero-order valence-corrected chi connectivity index (χ0v) is 12.7. The number of carbonyl (C=O) groups excluding carboxylic acids is 1. The first-order chi connectivity index (χ1) is 9.58. The van der Waals surface area contributed by atoms with E-state index in [0.717, 1.165) is 10.0 Å². The van der Waals surface area contributed by atoms with Gasteiger partial charge in [0, 0.05) is 16.6 Å². The van der Waals surface area contributed by atoms with Crippen LogP contribution in [0.2, 0.25) is 0 Å². The van der Waals surface area contributed by atoms with E-state index in [-0.39, 0.29) is 11.7 Å². The Hall–Kier alpha value is -1.68. The van der Waals surface area contributed by atoms with E-state index >= 15 is 0 Å². The summed E-state index contributed by atoms with van der Waals surface area (Å²) in [5, 5.41) is 2.80. The summed E-state index contributed by atoms with van der Waals surface area (Å²) in [5.41, 5.74) is 2.23. The Balaban J connectivity index is 1.92. The minimum absolute atomic E-state index is 0.142. The van der Waals surface area contributed by atoms with Crippen molar-refractivity contribution in [3.63, 3.8) is 0 Å². The Bertz CT molecular complexity index is 628. The third-order valence-corrected chi connectivity index (χ3v) is 3.95. The first-order valence-corrected chi connectivity index (χ1v) is 7.15. The van der Waals surface area contributed by atoms with Crippen LogP contribution in [-0.4, -0.2) is 12.5 Å². The number of rotatable bonds is 4. The Kier molecular flexibility index (Phi) is 4.90. The first-order valence-electron chi connectivity index (χ1n) is 6.35. The maximum atomic E-state index is 13.4. The highest BCUT2D eigenvalue weighted by Gasteiger charge is 2.07. The van der Waals surface area contributed by atoms with Crippen molar-refractivity contribution in [2.45, 2.75) is 13.3 Å². The number of carbonyl (C=O) groups is 1. The molecule has 0 fully saturated rings. The van der Waals surface area contributed by atoms with E-state index < -0.39 is 0 Å². The lowest BCUT2D eigenvalue weighted by molar-refractivity contribution is 0.0954. The Morgan fingerprint density at radius 1 is 1.25 bits per heavy atom. The van der Waals surface area contributed by atoms with Crippen molar-refractivity contribution >= 4 is 21.8 Å². The van der Waals surface area contributed by atoms with Gasteiger partial charge in [-0.1, -0.05) is 34.1 Å². The van der Waals surface area contributed by atoms with Crippen LogP contribution in [0.5, 0.6) is 0 Å². The summed E-state index contributed by atoms with van der Waals surface area (Å²) in [4.78, 5) is 12.0. The van der Waals surface area contributed by atoms with Crippen LogP contribution in [0.4, 0.5) is 4.39 Å². The maximum Gasteiger partial charge on any atom is 0.251 e. The van der Waals surface area contributed by atoms with Gasteiger partial charge in [0.15, 0.2) is 0 Å². The lowest BCUT2D eigenvalue weighted by Crippen LogP contribution is -2.25. The Morgan fingerprint density at radius 3 is 2.70 bits per heavy atom. The number of halogens is 2. The number of hydrogen-bond acceptors (Lipinski definition) is 1. The quantitative estimate of drug-likeness (QED) is 0.902. The standard InChI is InChI=1S/C16H15BrFNO/c1-11-10-13(6-7-14(11)17)16(20)19-9-8-12-4-2-3-5-15(12)18/h2-7,10H,8-9H2,1H3,(H,19,20). The molecule has 0 saturated carbocycles. The molecule has 2 rings (SSSR count). The van der Waals surface area contributed by atoms with Gasteiger partial charge in [0.1, 0.15) is 5.82 Å². The SMILES string of the molecule is Cc1cc(C(=O)NCCc2ccccc2F)ccc1Br. The second-order valence-electron chi connectivity index (χ2n) is 4.56. The molecule has 20 heavy (non-hydrogen) atoms. The summed E-state index contributed by atoms with van der Waals surface area (Å²) >= 11 is 3.40. The van der Waals surface area contributed by atoms with Crippen LogP contribution in [0.1, 0.15) is 21.5 Å². The topological polar surface area (TPSA) is 29.1 Å². The van der Waals surface area contributed by atoms with Gasteiger partial charge in [-0.3, -0.25) is 4.79 Å². The average Bonchev–Trinajstić information content (AvgIpc) is 2.44. The molecule has 2 aromatic carbocycles. The van der Waals surface area contributed by atoms with Gasteiger partial charge in [-0.2, -0.15) is 0 Å². The van der Waals surface area contributed by atoms with Gasteiger partial charge in [0.05, 0.1) is 0 Å². The molecule has 0 aliphatic heterocycles. The first kappa shape index (κ1) is 14.7. The average molecular weight is 336 g/mol. The van der Waals surface area contributed by atoms with E-state index in [9.17, 15) is 9.18 Å². The molecule has 0 aliphatic rings. The smallest absolute Gasteiger partial charge is 0.251 e. The predicted molar refractivity (Wildman–Crippen MR) is 81.3 cm³/mol. The van der Waals surface area contributed by atoms with Crippen molar-refractivity contribution in [2.24, 2.45) is 0 Å². The normalized spacial score (nSPS) is 10.3. The monoisotopic (exact) mass is 335 g/mol. The number of aryl methyl sites for hydroxylation is 1. The van der Waals surface area contributed by atoms with Gasteiger partial charge in [-0.25, -0.2) is 4.39 Å². The van der Waals surface area contributed by atoms with Crippen molar-refractivity contribution < 1.29 is 9.18 Å². The third-order valence-electron chi connectivity index (χ3n) is 3.06. The second-order valence-corrected chi connectivity index (χ2v) is 5.42. The largest absolute Gasteiger partial charge is 0.352 e. The van der Waals surface area contributed by atoms with Gasteiger partial charge in [0.25, 0.3) is 5.91 Å². The zero-order valence-electron chi connectivity index (χ0n) is 11.1. The molecule has 0 aromatic heterocycles. The summed E-state index contributed by atoms with van der Waals surface area (Å²) in [6.45, 7) is 2.34. The van der Waals surface area contributed by atoms with Gasteiger partial charge in [-0.15, -0.1) is 0 Å². The van der Waals surface area contributed by atoms with Crippen molar-refractivity contribution in [3.8, 4) is 0 Å².